The number of alkyl halides is 5. The minimum atomic E-state index is -1.47. The second kappa shape index (κ2) is 3.60. The minimum absolute atomic E-state index is 0.647. The summed E-state index contributed by atoms with van der Waals surface area (Å²) in [5.74, 6) is 1.57. The molecule has 7 heteroatoms. The summed E-state index contributed by atoms with van der Waals surface area (Å²) in [6.45, 7) is 0. The van der Waals surface area contributed by atoms with Crippen LogP contribution in [0.1, 0.15) is 0 Å². The predicted octanol–water partition coefficient (Wildman–Crippen LogP) is 3.82. The van der Waals surface area contributed by atoms with Gasteiger partial charge in [0.05, 0.1) is 5.38 Å². The van der Waals surface area contributed by atoms with Gasteiger partial charge in [-0.15, -0.1) is 34.8 Å². The van der Waals surface area contributed by atoms with E-state index in [-0.39, 0.29) is 0 Å². The Morgan fingerprint density at radius 1 is 1.17 bits per heavy atom. The van der Waals surface area contributed by atoms with E-state index in [4.69, 9.17) is 69.5 Å². The Balaban J connectivity index is 3.07. The largest absolute Gasteiger partial charge is 0.318 e. The minimum Gasteiger partial charge on any atom is -0.186 e. The van der Waals surface area contributed by atoms with Gasteiger partial charge in [0.25, 0.3) is 0 Å². The number of hydrogen-bond donors (Lipinski definition) is 0. The van der Waals surface area contributed by atoms with Gasteiger partial charge < -0.3 is 0 Å². The van der Waals surface area contributed by atoms with Gasteiger partial charge in [-0.2, -0.15) is 11.5 Å². The van der Waals surface area contributed by atoms with Gasteiger partial charge in [0.2, 0.25) is 0 Å². The van der Waals surface area contributed by atoms with E-state index < -0.39 is 20.1 Å². The van der Waals surface area contributed by atoms with Gasteiger partial charge in [-0.1, -0.05) is 35.3 Å². The molecular formula is C5H3BCl6. The molecule has 1 atom stereocenters. The maximum atomic E-state index is 5.84. The van der Waals surface area contributed by atoms with E-state index in [0.717, 1.165) is 0 Å². The highest BCUT2D eigenvalue weighted by Gasteiger charge is 2.58. The van der Waals surface area contributed by atoms with Crippen molar-refractivity contribution in [1.29, 1.82) is 0 Å². The fraction of sp³-hybridized carbons (Fsp3) is 0.600. The first-order valence-corrected chi connectivity index (χ1v) is 5.40. The number of hydrogen-bond acceptors (Lipinski definition) is 0. The third kappa shape index (κ3) is 1.69. The summed E-state index contributed by atoms with van der Waals surface area (Å²) in [5, 5.41) is -0.647. The first-order valence-electron chi connectivity index (χ1n) is 3.02. The first kappa shape index (κ1) is 11.6. The molecule has 0 spiro atoms. The lowest BCUT2D eigenvalue weighted by Gasteiger charge is -2.38. The van der Waals surface area contributed by atoms with Crippen LogP contribution in [0.15, 0.2) is 12.1 Å². The normalized spacial score (nSPS) is 32.2. The van der Waals surface area contributed by atoms with Crippen molar-refractivity contribution in [3.63, 3.8) is 0 Å². The molecule has 1 aliphatic rings. The van der Waals surface area contributed by atoms with Crippen LogP contribution in [0.25, 0.3) is 0 Å². The summed E-state index contributed by atoms with van der Waals surface area (Å²) in [7, 11) is 0. The van der Waals surface area contributed by atoms with Crippen molar-refractivity contribution < 1.29 is 0 Å². The van der Waals surface area contributed by atoms with Crippen molar-refractivity contribution in [1.82, 2.24) is 0 Å². The van der Waals surface area contributed by atoms with E-state index in [2.05, 4.69) is 0 Å². The molecule has 1 aliphatic heterocycles. The van der Waals surface area contributed by atoms with E-state index in [9.17, 15) is 0 Å². The van der Waals surface area contributed by atoms with Crippen molar-refractivity contribution in [2.24, 2.45) is 0 Å². The second-order valence-electron chi connectivity index (χ2n) is 2.43. The van der Waals surface area contributed by atoms with E-state index in [1.165, 1.54) is 0 Å². The molecule has 0 radical (unpaired) electrons. The first-order chi connectivity index (χ1) is 5.30. The summed E-state index contributed by atoms with van der Waals surface area (Å²) in [6.07, 6.45) is 0.924. The highest BCUT2D eigenvalue weighted by atomic mass is 35.5. The number of allylic oxidation sites excluding steroid dienone is 1. The highest BCUT2D eigenvalue weighted by molar-refractivity contribution is 7.19. The molecular weight excluding hydrogens is 284 g/mol. The average molecular weight is 287 g/mol. The second-order valence-corrected chi connectivity index (χ2v) is 6.15. The average Bonchev–Trinajstić information content (AvgIpc) is 1.96. The monoisotopic (exact) mass is 284 g/mol. The Labute approximate surface area is 101 Å². The van der Waals surface area contributed by atoms with Gasteiger partial charge in [0.15, 0.2) is 4.33 Å². The van der Waals surface area contributed by atoms with Crippen LogP contribution in [0.3, 0.4) is 0 Å². The predicted molar refractivity (Wildman–Crippen MR) is 59.3 cm³/mol. The van der Waals surface area contributed by atoms with Gasteiger partial charge >= 0.3 is 6.13 Å². The zero-order valence-electron chi connectivity index (χ0n) is 5.58. The summed E-state index contributed by atoms with van der Waals surface area (Å²) >= 11 is 34.9. The fourth-order valence-electron chi connectivity index (χ4n) is 0.804. The molecule has 1 unspecified atom stereocenters. The van der Waals surface area contributed by atoms with Gasteiger partial charge in [0.1, 0.15) is 4.23 Å². The zero-order valence-corrected chi connectivity index (χ0v) is 10.1. The number of halogens is 6. The van der Waals surface area contributed by atoms with Crippen molar-refractivity contribution in [2.45, 2.75) is 13.9 Å². The molecule has 1 heterocycles. The van der Waals surface area contributed by atoms with Crippen LogP contribution < -0.4 is 0 Å². The Morgan fingerprint density at radius 3 is 2.08 bits per heavy atom. The van der Waals surface area contributed by atoms with Gasteiger partial charge in [0, 0.05) is 0 Å². The molecule has 0 bridgehead atoms. The Morgan fingerprint density at radius 2 is 1.67 bits per heavy atom. The molecule has 12 heavy (non-hydrogen) atoms. The summed E-state index contributed by atoms with van der Waals surface area (Å²) in [5.41, 5.74) is 0. The van der Waals surface area contributed by atoms with Crippen LogP contribution in [0, 0.1) is 0 Å². The van der Waals surface area contributed by atoms with E-state index in [1.807, 2.05) is 0 Å². The molecule has 1 rings (SSSR count). The Bertz CT molecular complexity index is 190. The quantitative estimate of drug-likeness (QED) is 0.469. The molecule has 68 valence electrons. The molecule has 0 saturated heterocycles. The maximum absolute atomic E-state index is 5.84. The van der Waals surface area contributed by atoms with Crippen molar-refractivity contribution >= 4 is 75.6 Å². The molecule has 0 aliphatic carbocycles. The van der Waals surface area contributed by atoms with Gasteiger partial charge in [-0.05, 0) is 0 Å². The van der Waals surface area contributed by atoms with Crippen LogP contribution in [0.4, 0.5) is 0 Å². The standard InChI is InChI=1S/C5H3BCl6/c7-3-1-2-6(12)5(10,11)4(3,8)9/h1-3H. The lowest BCUT2D eigenvalue weighted by molar-refractivity contribution is 0.798. The fourth-order valence-corrected chi connectivity index (χ4v) is 2.30. The molecule has 0 fully saturated rings. The lowest BCUT2D eigenvalue weighted by atomic mass is 9.66. The van der Waals surface area contributed by atoms with Crippen molar-refractivity contribution in [2.75, 3.05) is 0 Å². The van der Waals surface area contributed by atoms with E-state index in [1.54, 1.807) is 12.1 Å². The van der Waals surface area contributed by atoms with Gasteiger partial charge in [-0.3, -0.25) is 0 Å². The zero-order chi connectivity index (χ0) is 9.57. The highest BCUT2D eigenvalue weighted by Crippen LogP contribution is 2.51. The van der Waals surface area contributed by atoms with Crippen LogP contribution >= 0.6 is 69.5 Å². The number of rotatable bonds is 0. The Kier molecular flexibility index (Phi) is 3.49. The topological polar surface area (TPSA) is 0 Å². The van der Waals surface area contributed by atoms with Crippen LogP contribution in [-0.2, 0) is 0 Å². The molecule has 0 amide bonds. The summed E-state index contributed by atoms with van der Waals surface area (Å²) < 4.78 is -2.95. The molecule has 0 saturated carbocycles. The van der Waals surface area contributed by atoms with Crippen molar-refractivity contribution in [3.05, 3.63) is 12.1 Å². The molecule has 0 aromatic rings. The third-order valence-corrected chi connectivity index (χ3v) is 5.50. The smallest absolute Gasteiger partial charge is 0.186 e. The maximum Gasteiger partial charge on any atom is 0.318 e. The van der Waals surface area contributed by atoms with Crippen LogP contribution in [0.2, 0.25) is 0 Å². The molecule has 0 aromatic carbocycles. The third-order valence-electron chi connectivity index (χ3n) is 1.59. The Hall–Kier alpha value is 1.54. The summed E-state index contributed by atoms with van der Waals surface area (Å²) in [4.78, 5) is 0. The van der Waals surface area contributed by atoms with Crippen molar-refractivity contribution in [3.8, 4) is 0 Å². The van der Waals surface area contributed by atoms with Gasteiger partial charge in [-0.25, -0.2) is 0 Å². The lowest BCUT2D eigenvalue weighted by Crippen LogP contribution is -2.53. The molecule has 0 aromatic heterocycles. The molecule has 0 N–H and O–H groups in total. The molecule has 0 nitrogen and oxygen atoms in total. The van der Waals surface area contributed by atoms with E-state index >= 15 is 0 Å². The SMILES string of the molecule is ClB1C=CC(Cl)C(Cl)(Cl)C1(Cl)Cl. The van der Waals surface area contributed by atoms with E-state index in [0.29, 0.717) is 0 Å². The van der Waals surface area contributed by atoms with Crippen LogP contribution in [-0.4, -0.2) is 20.1 Å². The summed E-state index contributed by atoms with van der Waals surface area (Å²) in [6, 6.07) is 0. The van der Waals surface area contributed by atoms with Crippen LogP contribution in [0.5, 0.6) is 0 Å².